The number of imidazole rings is 1. The van der Waals surface area contributed by atoms with Gasteiger partial charge in [-0.05, 0) is 26.3 Å². The molecule has 0 aliphatic carbocycles. The Hall–Kier alpha value is -2.78. The summed E-state index contributed by atoms with van der Waals surface area (Å²) in [5.41, 5.74) is 2.93. The molecule has 2 unspecified atom stereocenters. The first-order valence-corrected chi connectivity index (χ1v) is 12.1. The first kappa shape index (κ1) is 21.5. The van der Waals surface area contributed by atoms with Gasteiger partial charge in [-0.2, -0.15) is 0 Å². The predicted octanol–water partition coefficient (Wildman–Crippen LogP) is 2.53. The van der Waals surface area contributed by atoms with Gasteiger partial charge in [-0.25, -0.2) is 18.4 Å². The number of carbonyl (C=O) groups excluding carboxylic acids is 1. The molecule has 0 bridgehead atoms. The van der Waals surface area contributed by atoms with E-state index in [1.165, 1.54) is 0 Å². The van der Waals surface area contributed by atoms with Crippen molar-refractivity contribution in [3.05, 3.63) is 47.9 Å². The Morgan fingerprint density at radius 3 is 2.68 bits per heavy atom. The molecular weight excluding hydrogens is 416 g/mol. The number of carbonyl (C=O) groups is 1. The van der Waals surface area contributed by atoms with Crippen LogP contribution in [0.2, 0.25) is 0 Å². The molecule has 1 saturated heterocycles. The molecule has 31 heavy (non-hydrogen) atoms. The Morgan fingerprint density at radius 2 is 2.03 bits per heavy atom. The predicted molar refractivity (Wildman–Crippen MR) is 119 cm³/mol. The Bertz CT molecular complexity index is 1220. The smallest absolute Gasteiger partial charge is 0.272 e. The SMILES string of the molecule is COCC(C)NC(=O)c1nc(-c2ccccc2)cc2c1nc(C)n2C1CCS(=O)(=O)C1. The number of nitrogens with zero attached hydrogens (tertiary/aromatic N) is 3. The molecule has 0 radical (unpaired) electrons. The topological polar surface area (TPSA) is 103 Å². The fourth-order valence-electron chi connectivity index (χ4n) is 4.15. The van der Waals surface area contributed by atoms with E-state index in [0.717, 1.165) is 11.1 Å². The van der Waals surface area contributed by atoms with E-state index < -0.39 is 9.84 Å². The number of hydrogen-bond donors (Lipinski definition) is 1. The summed E-state index contributed by atoms with van der Waals surface area (Å²) >= 11 is 0. The van der Waals surface area contributed by atoms with Crippen molar-refractivity contribution in [2.24, 2.45) is 0 Å². The second-order valence-electron chi connectivity index (χ2n) is 8.01. The highest BCUT2D eigenvalue weighted by atomic mass is 32.2. The molecule has 1 aliphatic heterocycles. The van der Waals surface area contributed by atoms with Crippen molar-refractivity contribution in [2.45, 2.75) is 32.4 Å². The van der Waals surface area contributed by atoms with Crippen molar-refractivity contribution in [3.63, 3.8) is 0 Å². The van der Waals surface area contributed by atoms with E-state index in [0.29, 0.717) is 30.1 Å². The van der Waals surface area contributed by atoms with Crippen molar-refractivity contribution in [1.29, 1.82) is 0 Å². The Balaban J connectivity index is 1.88. The number of ether oxygens (including phenoxy) is 1. The highest BCUT2D eigenvalue weighted by molar-refractivity contribution is 7.91. The van der Waals surface area contributed by atoms with Gasteiger partial charge in [-0.1, -0.05) is 30.3 Å². The van der Waals surface area contributed by atoms with Gasteiger partial charge in [0.25, 0.3) is 5.91 Å². The van der Waals surface area contributed by atoms with Crippen LogP contribution in [0.15, 0.2) is 36.4 Å². The fourth-order valence-corrected chi connectivity index (χ4v) is 5.85. The van der Waals surface area contributed by atoms with Crippen molar-refractivity contribution in [3.8, 4) is 11.3 Å². The molecule has 9 heteroatoms. The lowest BCUT2D eigenvalue weighted by Crippen LogP contribution is -2.36. The van der Waals surface area contributed by atoms with Crippen LogP contribution < -0.4 is 5.32 Å². The molecule has 0 spiro atoms. The molecule has 0 saturated carbocycles. The van der Waals surface area contributed by atoms with Gasteiger partial charge in [-0.15, -0.1) is 0 Å². The van der Waals surface area contributed by atoms with Crippen LogP contribution in [0.5, 0.6) is 0 Å². The number of pyridine rings is 1. The van der Waals surface area contributed by atoms with Crippen LogP contribution in [0.25, 0.3) is 22.3 Å². The van der Waals surface area contributed by atoms with Gasteiger partial charge in [0.2, 0.25) is 0 Å². The molecule has 4 rings (SSSR count). The zero-order valence-electron chi connectivity index (χ0n) is 17.8. The van der Waals surface area contributed by atoms with E-state index in [9.17, 15) is 13.2 Å². The van der Waals surface area contributed by atoms with Crippen molar-refractivity contribution >= 4 is 26.8 Å². The molecule has 1 amide bonds. The number of fused-ring (bicyclic) bond motifs is 1. The summed E-state index contributed by atoms with van der Waals surface area (Å²) in [6, 6.07) is 11.1. The summed E-state index contributed by atoms with van der Waals surface area (Å²) in [6.07, 6.45) is 0.532. The Morgan fingerprint density at radius 1 is 1.29 bits per heavy atom. The summed E-state index contributed by atoms with van der Waals surface area (Å²) in [5, 5.41) is 2.91. The third-order valence-electron chi connectivity index (χ3n) is 5.51. The average Bonchev–Trinajstić information content (AvgIpc) is 3.25. The van der Waals surface area contributed by atoms with Crippen LogP contribution in [0, 0.1) is 6.92 Å². The van der Waals surface area contributed by atoms with Crippen LogP contribution in [0.1, 0.15) is 35.7 Å². The summed E-state index contributed by atoms with van der Waals surface area (Å²) < 4.78 is 31.3. The monoisotopic (exact) mass is 442 g/mol. The lowest BCUT2D eigenvalue weighted by molar-refractivity contribution is 0.0902. The molecule has 2 aromatic heterocycles. The molecule has 1 fully saturated rings. The largest absolute Gasteiger partial charge is 0.383 e. The van der Waals surface area contributed by atoms with E-state index in [1.54, 1.807) is 7.11 Å². The summed E-state index contributed by atoms with van der Waals surface area (Å²) in [4.78, 5) is 22.4. The minimum absolute atomic E-state index is 0.0781. The first-order chi connectivity index (χ1) is 14.8. The van der Waals surface area contributed by atoms with Crippen molar-refractivity contribution < 1.29 is 17.9 Å². The Labute approximate surface area is 181 Å². The highest BCUT2D eigenvalue weighted by Gasteiger charge is 2.32. The standard InChI is InChI=1S/C22H26N4O4S/c1-14(12-30-3)23-22(27)21-20-19(11-18(25-21)16-7-5-4-6-8-16)26(15(2)24-20)17-9-10-31(28,29)13-17/h4-8,11,14,17H,9-10,12-13H2,1-3H3,(H,23,27). The number of aryl methyl sites for hydroxylation is 1. The van der Waals surface area contributed by atoms with Crippen LogP contribution in [0.4, 0.5) is 0 Å². The number of nitrogens with one attached hydrogen (secondary N) is 1. The molecule has 1 aromatic carbocycles. The van der Waals surface area contributed by atoms with Crippen LogP contribution >= 0.6 is 0 Å². The minimum atomic E-state index is -3.08. The van der Waals surface area contributed by atoms with E-state index in [-0.39, 0.29) is 35.2 Å². The number of hydrogen-bond acceptors (Lipinski definition) is 6. The number of rotatable bonds is 6. The molecule has 1 N–H and O–H groups in total. The molecule has 3 heterocycles. The van der Waals surface area contributed by atoms with Crippen LogP contribution in [-0.2, 0) is 14.6 Å². The number of amides is 1. The zero-order valence-corrected chi connectivity index (χ0v) is 18.6. The molecular formula is C22H26N4O4S. The number of methoxy groups -OCH3 is 1. The van der Waals surface area contributed by atoms with E-state index in [4.69, 9.17) is 4.74 Å². The van der Waals surface area contributed by atoms with E-state index >= 15 is 0 Å². The molecule has 1 aliphatic rings. The summed E-state index contributed by atoms with van der Waals surface area (Å²) in [5.74, 6) is 0.573. The molecule has 2 atom stereocenters. The maximum absolute atomic E-state index is 13.1. The lowest BCUT2D eigenvalue weighted by Gasteiger charge is -2.16. The normalized spacial score (nSPS) is 18.9. The number of aromatic nitrogens is 3. The summed E-state index contributed by atoms with van der Waals surface area (Å²) in [7, 11) is -1.50. The van der Waals surface area contributed by atoms with Gasteiger partial charge in [0.05, 0.1) is 35.4 Å². The van der Waals surface area contributed by atoms with Crippen molar-refractivity contribution in [2.75, 3.05) is 25.2 Å². The molecule has 164 valence electrons. The average molecular weight is 443 g/mol. The maximum atomic E-state index is 13.1. The van der Waals surface area contributed by atoms with Gasteiger partial charge < -0.3 is 14.6 Å². The molecule has 3 aromatic rings. The molecule has 8 nitrogen and oxygen atoms in total. The van der Waals surface area contributed by atoms with Gasteiger partial charge >= 0.3 is 0 Å². The van der Waals surface area contributed by atoms with E-state index in [1.807, 2.05) is 54.8 Å². The quantitative estimate of drug-likeness (QED) is 0.629. The second kappa shape index (κ2) is 8.39. The maximum Gasteiger partial charge on any atom is 0.272 e. The van der Waals surface area contributed by atoms with Crippen molar-refractivity contribution in [1.82, 2.24) is 19.9 Å². The number of benzene rings is 1. The highest BCUT2D eigenvalue weighted by Crippen LogP contribution is 2.32. The third-order valence-corrected chi connectivity index (χ3v) is 7.26. The second-order valence-corrected chi connectivity index (χ2v) is 10.2. The lowest BCUT2D eigenvalue weighted by atomic mass is 10.1. The summed E-state index contributed by atoms with van der Waals surface area (Å²) in [6.45, 7) is 4.07. The minimum Gasteiger partial charge on any atom is -0.383 e. The van der Waals surface area contributed by atoms with Gasteiger partial charge in [0, 0.05) is 18.7 Å². The van der Waals surface area contributed by atoms with E-state index in [2.05, 4.69) is 15.3 Å². The third kappa shape index (κ3) is 4.33. The first-order valence-electron chi connectivity index (χ1n) is 10.2. The van der Waals surface area contributed by atoms with Gasteiger partial charge in [-0.3, -0.25) is 4.79 Å². The number of sulfone groups is 1. The van der Waals surface area contributed by atoms with Gasteiger partial charge in [0.1, 0.15) is 11.3 Å². The Kier molecular flexibility index (Phi) is 5.81. The van der Waals surface area contributed by atoms with Gasteiger partial charge in [0.15, 0.2) is 15.5 Å². The fraction of sp³-hybridized carbons (Fsp3) is 0.409. The van der Waals surface area contributed by atoms with Crippen LogP contribution in [0.3, 0.4) is 0 Å². The van der Waals surface area contributed by atoms with Crippen LogP contribution in [-0.4, -0.2) is 60.1 Å². The zero-order chi connectivity index (χ0) is 22.2.